The minimum atomic E-state index is -3.43. The summed E-state index contributed by atoms with van der Waals surface area (Å²) in [5.74, 6) is 0. The van der Waals surface area contributed by atoms with E-state index in [1.165, 1.54) is 4.31 Å². The van der Waals surface area contributed by atoms with Crippen LogP contribution < -0.4 is 10.0 Å². The Balaban J connectivity index is 2.16. The van der Waals surface area contributed by atoms with Gasteiger partial charge in [0, 0.05) is 19.1 Å². The Hall–Kier alpha value is -1.11. The molecular formula is C15H25N3O2S. The molecule has 0 amide bonds. The highest BCUT2D eigenvalue weighted by Gasteiger charge is 2.26. The van der Waals surface area contributed by atoms with Crippen LogP contribution in [0.5, 0.6) is 0 Å². The first-order chi connectivity index (χ1) is 10.0. The van der Waals surface area contributed by atoms with E-state index in [0.717, 1.165) is 31.4 Å². The highest BCUT2D eigenvalue weighted by atomic mass is 32.2. The van der Waals surface area contributed by atoms with E-state index in [2.05, 4.69) is 23.9 Å². The summed E-state index contributed by atoms with van der Waals surface area (Å²) in [5, 5.41) is 3.40. The zero-order valence-electron chi connectivity index (χ0n) is 12.8. The van der Waals surface area contributed by atoms with Crippen molar-refractivity contribution in [2.45, 2.75) is 39.2 Å². The largest absolute Gasteiger partial charge is 0.310 e. The maximum atomic E-state index is 12.4. The third-order valence-corrected chi connectivity index (χ3v) is 5.29. The second kappa shape index (κ2) is 7.24. The van der Waals surface area contributed by atoms with Gasteiger partial charge in [-0.05, 0) is 44.4 Å². The molecule has 1 aromatic carbocycles. The van der Waals surface area contributed by atoms with Gasteiger partial charge in [0.1, 0.15) is 0 Å². The van der Waals surface area contributed by atoms with Crippen LogP contribution in [0.2, 0.25) is 0 Å². The molecule has 118 valence electrons. The minimum absolute atomic E-state index is 0.113. The highest BCUT2D eigenvalue weighted by Crippen LogP contribution is 2.25. The molecule has 21 heavy (non-hydrogen) atoms. The average molecular weight is 311 g/mol. The summed E-state index contributed by atoms with van der Waals surface area (Å²) in [7, 11) is -3.43. The molecule has 6 heteroatoms. The number of nitrogens with one attached hydrogen (secondary N) is 2. The van der Waals surface area contributed by atoms with Crippen molar-refractivity contribution in [3.8, 4) is 0 Å². The van der Waals surface area contributed by atoms with Crippen LogP contribution in [0.3, 0.4) is 0 Å². The van der Waals surface area contributed by atoms with Crippen LogP contribution in [0.4, 0.5) is 5.69 Å². The molecule has 0 bridgehead atoms. The van der Waals surface area contributed by atoms with E-state index in [1.807, 2.05) is 24.3 Å². The molecule has 1 atom stereocenters. The van der Waals surface area contributed by atoms with E-state index < -0.39 is 10.2 Å². The quantitative estimate of drug-likeness (QED) is 0.813. The monoisotopic (exact) mass is 311 g/mol. The molecule has 1 saturated heterocycles. The van der Waals surface area contributed by atoms with Crippen molar-refractivity contribution in [3.63, 3.8) is 0 Å². The number of hydrogen-bond acceptors (Lipinski definition) is 3. The molecule has 1 fully saturated rings. The zero-order valence-corrected chi connectivity index (χ0v) is 13.6. The number of para-hydroxylation sites is 1. The lowest BCUT2D eigenvalue weighted by molar-refractivity contribution is 0.482. The number of rotatable bonds is 7. The van der Waals surface area contributed by atoms with Gasteiger partial charge in [0.2, 0.25) is 0 Å². The van der Waals surface area contributed by atoms with Crippen molar-refractivity contribution >= 4 is 15.9 Å². The lowest BCUT2D eigenvalue weighted by atomic mass is 10.1. The minimum Gasteiger partial charge on any atom is -0.310 e. The molecule has 0 aromatic heterocycles. The molecule has 1 aliphatic rings. The molecule has 0 radical (unpaired) electrons. The Morgan fingerprint density at radius 3 is 2.57 bits per heavy atom. The molecule has 0 spiro atoms. The van der Waals surface area contributed by atoms with Crippen molar-refractivity contribution in [3.05, 3.63) is 29.8 Å². The van der Waals surface area contributed by atoms with Gasteiger partial charge in [-0.25, -0.2) is 0 Å². The van der Waals surface area contributed by atoms with E-state index >= 15 is 0 Å². The fourth-order valence-electron chi connectivity index (χ4n) is 2.57. The average Bonchev–Trinajstić information content (AvgIpc) is 3.00. The van der Waals surface area contributed by atoms with Gasteiger partial charge in [-0.2, -0.15) is 12.7 Å². The van der Waals surface area contributed by atoms with E-state index in [9.17, 15) is 8.42 Å². The van der Waals surface area contributed by atoms with Crippen LogP contribution in [-0.4, -0.2) is 32.4 Å². The molecule has 2 rings (SSSR count). The maximum Gasteiger partial charge on any atom is 0.301 e. The van der Waals surface area contributed by atoms with Crippen molar-refractivity contribution in [2.75, 3.05) is 24.4 Å². The Bertz CT molecular complexity index is 554. The van der Waals surface area contributed by atoms with Gasteiger partial charge in [-0.15, -0.1) is 0 Å². The van der Waals surface area contributed by atoms with Gasteiger partial charge in [-0.3, -0.25) is 4.72 Å². The molecule has 5 nitrogen and oxygen atoms in total. The summed E-state index contributed by atoms with van der Waals surface area (Å²) in [4.78, 5) is 0. The fraction of sp³-hybridized carbons (Fsp3) is 0.600. The van der Waals surface area contributed by atoms with Crippen LogP contribution in [-0.2, 0) is 10.2 Å². The Kier molecular flexibility index (Phi) is 5.61. The first kappa shape index (κ1) is 16.3. The fourth-order valence-corrected chi connectivity index (χ4v) is 3.90. The van der Waals surface area contributed by atoms with Crippen molar-refractivity contribution in [2.24, 2.45) is 0 Å². The van der Waals surface area contributed by atoms with Crippen LogP contribution in [0.15, 0.2) is 24.3 Å². The van der Waals surface area contributed by atoms with Gasteiger partial charge >= 0.3 is 10.2 Å². The molecule has 0 saturated carbocycles. The summed E-state index contributed by atoms with van der Waals surface area (Å²) < 4.78 is 29.0. The van der Waals surface area contributed by atoms with Crippen LogP contribution >= 0.6 is 0 Å². The zero-order chi connectivity index (χ0) is 15.3. The lowest BCUT2D eigenvalue weighted by Gasteiger charge is -2.21. The van der Waals surface area contributed by atoms with Gasteiger partial charge in [0.05, 0.1) is 5.69 Å². The van der Waals surface area contributed by atoms with Crippen molar-refractivity contribution < 1.29 is 8.42 Å². The summed E-state index contributed by atoms with van der Waals surface area (Å²) in [6.07, 6.45) is 2.93. The third-order valence-electron chi connectivity index (χ3n) is 3.77. The number of anilines is 1. The summed E-state index contributed by atoms with van der Waals surface area (Å²) in [5.41, 5.74) is 1.65. The number of benzene rings is 1. The summed E-state index contributed by atoms with van der Waals surface area (Å²) in [6.45, 7) is 6.30. The predicted octanol–water partition coefficient (Wildman–Crippen LogP) is 2.50. The molecule has 0 aliphatic carbocycles. The van der Waals surface area contributed by atoms with Crippen LogP contribution in [0.1, 0.15) is 44.7 Å². The Morgan fingerprint density at radius 2 is 1.90 bits per heavy atom. The van der Waals surface area contributed by atoms with Gasteiger partial charge in [-0.1, -0.05) is 25.1 Å². The summed E-state index contributed by atoms with van der Waals surface area (Å²) in [6, 6.07) is 7.70. The van der Waals surface area contributed by atoms with Gasteiger partial charge in [0.15, 0.2) is 0 Å². The first-order valence-electron chi connectivity index (χ1n) is 7.65. The highest BCUT2D eigenvalue weighted by molar-refractivity contribution is 7.90. The predicted molar refractivity (Wildman–Crippen MR) is 86.5 cm³/mol. The normalized spacial score (nSPS) is 17.8. The van der Waals surface area contributed by atoms with E-state index in [0.29, 0.717) is 18.8 Å². The summed E-state index contributed by atoms with van der Waals surface area (Å²) >= 11 is 0. The second-order valence-electron chi connectivity index (χ2n) is 5.48. The number of hydrogen-bond donors (Lipinski definition) is 2. The van der Waals surface area contributed by atoms with Gasteiger partial charge in [0.25, 0.3) is 0 Å². The van der Waals surface area contributed by atoms with E-state index in [4.69, 9.17) is 0 Å². The van der Waals surface area contributed by atoms with Crippen molar-refractivity contribution in [1.82, 2.24) is 9.62 Å². The third kappa shape index (κ3) is 4.18. The number of nitrogens with zero attached hydrogens (tertiary/aromatic N) is 1. The molecule has 1 aromatic rings. The van der Waals surface area contributed by atoms with Crippen molar-refractivity contribution in [1.29, 1.82) is 0 Å². The maximum absolute atomic E-state index is 12.4. The van der Waals surface area contributed by atoms with Crippen LogP contribution in [0, 0.1) is 0 Å². The second-order valence-corrected chi connectivity index (χ2v) is 7.15. The molecule has 2 N–H and O–H groups in total. The molecule has 1 heterocycles. The first-order valence-corrected chi connectivity index (χ1v) is 9.09. The molecule has 1 unspecified atom stereocenters. The van der Waals surface area contributed by atoms with E-state index in [-0.39, 0.29) is 6.04 Å². The smallest absolute Gasteiger partial charge is 0.301 e. The van der Waals surface area contributed by atoms with Gasteiger partial charge < -0.3 is 5.32 Å². The topological polar surface area (TPSA) is 61.4 Å². The molecule has 1 aliphatic heterocycles. The Labute approximate surface area is 127 Å². The lowest BCUT2D eigenvalue weighted by Crippen LogP contribution is -2.34. The Morgan fingerprint density at radius 1 is 1.24 bits per heavy atom. The van der Waals surface area contributed by atoms with E-state index in [1.54, 1.807) is 0 Å². The standard InChI is InChI=1S/C15H25N3O2S/c1-3-10-16-13(2)14-8-4-5-9-15(14)17-21(19,20)18-11-6-7-12-18/h4-5,8-9,13,16-17H,3,6-7,10-12H2,1-2H3. The SMILES string of the molecule is CCCNC(C)c1ccccc1NS(=O)(=O)N1CCCC1. The molecular weight excluding hydrogens is 286 g/mol. The van der Waals surface area contributed by atoms with Crippen LogP contribution in [0.25, 0.3) is 0 Å².